The summed E-state index contributed by atoms with van der Waals surface area (Å²) in [5.74, 6) is 0. The van der Waals surface area contributed by atoms with Crippen LogP contribution in [0.5, 0.6) is 0 Å². The Hall–Kier alpha value is -1.62. The molecule has 0 atom stereocenters. The van der Waals surface area contributed by atoms with Crippen molar-refractivity contribution >= 4 is 22.5 Å². The van der Waals surface area contributed by atoms with Crippen LogP contribution < -0.4 is 0 Å². The molecule has 0 radical (unpaired) electrons. The van der Waals surface area contributed by atoms with Gasteiger partial charge in [-0.3, -0.25) is 9.39 Å². The van der Waals surface area contributed by atoms with E-state index in [4.69, 9.17) is 0 Å². The highest BCUT2D eigenvalue weighted by Crippen LogP contribution is 2.19. The lowest BCUT2D eigenvalue weighted by atomic mass is 10.3. The van der Waals surface area contributed by atoms with Gasteiger partial charge in [0, 0.05) is 13.2 Å². The number of nitrogens with zero attached hydrogens (tertiary/aromatic N) is 4. The first kappa shape index (κ1) is 10.9. The third-order valence-electron chi connectivity index (χ3n) is 2.11. The molecule has 0 aromatic carbocycles. The van der Waals surface area contributed by atoms with Crippen molar-refractivity contribution in [2.75, 3.05) is 7.05 Å². The summed E-state index contributed by atoms with van der Waals surface area (Å²) in [7, 11) is 1.73. The Morgan fingerprint density at radius 2 is 2.31 bits per heavy atom. The molecule has 0 aliphatic carbocycles. The Labute approximate surface area is 98.1 Å². The average Bonchev–Trinajstić information content (AvgIpc) is 2.68. The molecule has 2 aromatic rings. The molecule has 0 saturated heterocycles. The molecule has 0 fully saturated rings. The Kier molecular flexibility index (Phi) is 3.05. The van der Waals surface area contributed by atoms with E-state index < -0.39 is 0 Å². The van der Waals surface area contributed by atoms with Gasteiger partial charge in [0.05, 0.1) is 5.04 Å². The summed E-state index contributed by atoms with van der Waals surface area (Å²) in [5.41, 5.74) is 2.01. The van der Waals surface area contributed by atoms with E-state index in [0.717, 1.165) is 15.8 Å². The molecule has 82 valence electrons. The van der Waals surface area contributed by atoms with Crippen LogP contribution in [0, 0.1) is 6.92 Å². The molecule has 0 bridgehead atoms. The first-order chi connectivity index (χ1) is 7.74. The van der Waals surface area contributed by atoms with Crippen molar-refractivity contribution < 1.29 is 0 Å². The maximum absolute atomic E-state index is 4.12. The van der Waals surface area contributed by atoms with Crippen LogP contribution in [0.15, 0.2) is 41.1 Å². The summed E-state index contributed by atoms with van der Waals surface area (Å²) in [6.45, 7) is 5.74. The number of rotatable bonds is 2. The highest BCUT2D eigenvalue weighted by atomic mass is 32.2. The number of hydrogen-bond donors (Lipinski definition) is 0. The standard InChI is InChI=1S/C11H12N4S/c1-4-10(12-3)16-11-14-13-9-6-5-8(2)7-15(9)11/h4-7H,1H2,2-3H3. The number of aromatic nitrogens is 3. The van der Waals surface area contributed by atoms with Crippen LogP contribution in [-0.2, 0) is 0 Å². The van der Waals surface area contributed by atoms with Gasteiger partial charge in [-0.1, -0.05) is 12.6 Å². The van der Waals surface area contributed by atoms with E-state index in [1.807, 2.05) is 29.7 Å². The van der Waals surface area contributed by atoms with Gasteiger partial charge in [-0.15, -0.1) is 10.2 Å². The van der Waals surface area contributed by atoms with Gasteiger partial charge in [0.15, 0.2) is 5.65 Å². The fraction of sp³-hybridized carbons (Fsp3) is 0.182. The van der Waals surface area contributed by atoms with Gasteiger partial charge in [0.2, 0.25) is 5.16 Å². The Bertz CT molecular complexity index is 556. The van der Waals surface area contributed by atoms with Crippen molar-refractivity contribution in [2.24, 2.45) is 4.99 Å². The molecule has 0 spiro atoms. The molecule has 2 aromatic heterocycles. The molecule has 16 heavy (non-hydrogen) atoms. The van der Waals surface area contributed by atoms with Crippen molar-refractivity contribution in [3.63, 3.8) is 0 Å². The number of thioether (sulfide) groups is 1. The van der Waals surface area contributed by atoms with Gasteiger partial charge < -0.3 is 0 Å². The number of aryl methyl sites for hydroxylation is 1. The topological polar surface area (TPSA) is 42.5 Å². The fourth-order valence-electron chi connectivity index (χ4n) is 1.32. The summed E-state index contributed by atoms with van der Waals surface area (Å²) in [5, 5.41) is 9.84. The van der Waals surface area contributed by atoms with Crippen LogP contribution in [0.3, 0.4) is 0 Å². The number of hydrogen-bond acceptors (Lipinski definition) is 4. The van der Waals surface area contributed by atoms with Crippen molar-refractivity contribution in [2.45, 2.75) is 12.1 Å². The van der Waals surface area contributed by atoms with Crippen molar-refractivity contribution in [3.05, 3.63) is 36.5 Å². The van der Waals surface area contributed by atoms with E-state index in [-0.39, 0.29) is 0 Å². The molecule has 2 rings (SSSR count). The van der Waals surface area contributed by atoms with Crippen LogP contribution in [0.2, 0.25) is 0 Å². The second-order valence-corrected chi connectivity index (χ2v) is 4.27. The minimum atomic E-state index is 0.805. The molecule has 5 heteroatoms. The van der Waals surface area contributed by atoms with Gasteiger partial charge in [-0.25, -0.2) is 0 Å². The first-order valence-corrected chi connectivity index (χ1v) is 5.64. The zero-order valence-corrected chi connectivity index (χ0v) is 10.0. The monoisotopic (exact) mass is 232 g/mol. The Balaban J connectivity index is 2.45. The molecule has 0 unspecified atom stereocenters. The molecule has 0 aliphatic rings. The zero-order chi connectivity index (χ0) is 11.5. The number of fused-ring (bicyclic) bond motifs is 1. The predicted octanol–water partition coefficient (Wildman–Crippen LogP) is 2.34. The Morgan fingerprint density at radius 1 is 1.50 bits per heavy atom. The van der Waals surface area contributed by atoms with E-state index in [1.54, 1.807) is 13.1 Å². The second kappa shape index (κ2) is 4.49. The summed E-state index contributed by atoms with van der Waals surface area (Å²) in [4.78, 5) is 4.09. The number of aliphatic imine (C=N–C) groups is 1. The van der Waals surface area contributed by atoms with E-state index in [9.17, 15) is 0 Å². The van der Waals surface area contributed by atoms with E-state index in [1.165, 1.54) is 17.3 Å². The predicted molar refractivity (Wildman–Crippen MR) is 67.1 cm³/mol. The quantitative estimate of drug-likeness (QED) is 0.453. The van der Waals surface area contributed by atoms with Crippen molar-refractivity contribution in [1.82, 2.24) is 14.6 Å². The summed E-state index contributed by atoms with van der Waals surface area (Å²) in [6.07, 6.45) is 3.72. The normalized spacial score (nSPS) is 12.0. The molecule has 2 heterocycles. The largest absolute Gasteiger partial charge is 0.281 e. The SMILES string of the molecule is C=CC(=NC)Sc1nnc2ccc(C)cn12. The average molecular weight is 232 g/mol. The van der Waals surface area contributed by atoms with Gasteiger partial charge >= 0.3 is 0 Å². The molecule has 0 saturated carbocycles. The third kappa shape index (κ3) is 1.99. The minimum absolute atomic E-state index is 0.805. The van der Waals surface area contributed by atoms with Crippen LogP contribution in [-0.4, -0.2) is 26.7 Å². The van der Waals surface area contributed by atoms with Crippen LogP contribution in [0.1, 0.15) is 5.56 Å². The maximum Gasteiger partial charge on any atom is 0.201 e. The highest BCUT2D eigenvalue weighted by Gasteiger charge is 2.07. The summed E-state index contributed by atoms with van der Waals surface area (Å²) < 4.78 is 1.95. The van der Waals surface area contributed by atoms with Crippen LogP contribution in [0.4, 0.5) is 0 Å². The lowest BCUT2D eigenvalue weighted by Crippen LogP contribution is -1.92. The maximum atomic E-state index is 4.12. The lowest BCUT2D eigenvalue weighted by Gasteiger charge is -1.99. The molecular formula is C11H12N4S. The first-order valence-electron chi connectivity index (χ1n) is 4.83. The third-order valence-corrected chi connectivity index (χ3v) is 3.13. The molecule has 0 amide bonds. The number of pyridine rings is 1. The van der Waals surface area contributed by atoms with Crippen molar-refractivity contribution in [3.8, 4) is 0 Å². The fourth-order valence-corrected chi connectivity index (χ4v) is 2.01. The van der Waals surface area contributed by atoms with E-state index in [2.05, 4.69) is 21.8 Å². The minimum Gasteiger partial charge on any atom is -0.281 e. The molecule has 0 aliphatic heterocycles. The highest BCUT2D eigenvalue weighted by molar-refractivity contribution is 8.14. The molecule has 4 nitrogen and oxygen atoms in total. The van der Waals surface area contributed by atoms with E-state index >= 15 is 0 Å². The zero-order valence-electron chi connectivity index (χ0n) is 9.21. The van der Waals surface area contributed by atoms with Crippen LogP contribution >= 0.6 is 11.8 Å². The second-order valence-electron chi connectivity index (χ2n) is 3.29. The van der Waals surface area contributed by atoms with Gasteiger partial charge in [-0.2, -0.15) is 0 Å². The smallest absolute Gasteiger partial charge is 0.201 e. The van der Waals surface area contributed by atoms with Gasteiger partial charge in [0.1, 0.15) is 0 Å². The summed E-state index contributed by atoms with van der Waals surface area (Å²) >= 11 is 1.45. The molecular weight excluding hydrogens is 220 g/mol. The lowest BCUT2D eigenvalue weighted by molar-refractivity contribution is 0.922. The van der Waals surface area contributed by atoms with Crippen LogP contribution in [0.25, 0.3) is 5.65 Å². The Morgan fingerprint density at radius 3 is 3.00 bits per heavy atom. The summed E-state index contributed by atoms with van der Waals surface area (Å²) in [6, 6.07) is 3.96. The molecule has 0 N–H and O–H groups in total. The van der Waals surface area contributed by atoms with Gasteiger partial charge in [0.25, 0.3) is 0 Å². The van der Waals surface area contributed by atoms with Crippen molar-refractivity contribution in [1.29, 1.82) is 0 Å². The van der Waals surface area contributed by atoms with Gasteiger partial charge in [-0.05, 0) is 36.4 Å². The van der Waals surface area contributed by atoms with E-state index in [0.29, 0.717) is 0 Å².